The quantitative estimate of drug-likeness (QED) is 0.494. The average molecular weight is 166 g/mol. The number of pyridine rings is 1. The summed E-state index contributed by atoms with van der Waals surface area (Å²) in [7, 11) is 0. The summed E-state index contributed by atoms with van der Waals surface area (Å²) in [5, 5.41) is 0. The van der Waals surface area contributed by atoms with Crippen molar-refractivity contribution in [3.8, 4) is 0 Å². The first-order valence-electron chi connectivity index (χ1n) is 3.42. The maximum absolute atomic E-state index is 12.4. The molecule has 1 aromatic rings. The second-order valence-corrected chi connectivity index (χ2v) is 2.30. The molecular formula is C8H7FN2O. The molecular weight excluding hydrogens is 159 g/mol. The van der Waals surface area contributed by atoms with Gasteiger partial charge in [-0.1, -0.05) is 0 Å². The van der Waals surface area contributed by atoms with Crippen LogP contribution in [0.5, 0.6) is 0 Å². The number of rotatable bonds is 2. The number of hydrogen-bond donors (Lipinski definition) is 0. The maximum Gasteiger partial charge on any atom is 0.235 e. The molecule has 1 aromatic heterocycles. The van der Waals surface area contributed by atoms with E-state index in [1.807, 2.05) is 0 Å². The van der Waals surface area contributed by atoms with Crippen LogP contribution in [0.15, 0.2) is 23.3 Å². The third-order valence-electron chi connectivity index (χ3n) is 1.42. The Morgan fingerprint density at radius 2 is 2.42 bits per heavy atom. The van der Waals surface area contributed by atoms with Gasteiger partial charge in [-0.15, -0.1) is 0 Å². The van der Waals surface area contributed by atoms with Gasteiger partial charge in [0.25, 0.3) is 0 Å². The lowest BCUT2D eigenvalue weighted by atomic mass is 10.2. The lowest BCUT2D eigenvalue weighted by Crippen LogP contribution is -1.93. The van der Waals surface area contributed by atoms with Crippen molar-refractivity contribution in [2.24, 2.45) is 4.99 Å². The Kier molecular flexibility index (Phi) is 2.66. The summed E-state index contributed by atoms with van der Waals surface area (Å²) in [5.41, 5.74) is 0.555. The van der Waals surface area contributed by atoms with Crippen LogP contribution in [0.25, 0.3) is 0 Å². The predicted molar refractivity (Wildman–Crippen MR) is 40.7 cm³/mol. The fourth-order valence-corrected chi connectivity index (χ4v) is 0.780. The second-order valence-electron chi connectivity index (χ2n) is 2.30. The number of aliphatic imine (C=N–C) groups is 1. The summed E-state index contributed by atoms with van der Waals surface area (Å²) in [4.78, 5) is 17.0. The van der Waals surface area contributed by atoms with Gasteiger partial charge in [-0.2, -0.15) is 4.99 Å². The lowest BCUT2D eigenvalue weighted by molar-refractivity contribution is 0.558. The normalized spacial score (nSPS) is 11.8. The van der Waals surface area contributed by atoms with Gasteiger partial charge in [-0.05, 0) is 19.1 Å². The van der Waals surface area contributed by atoms with Gasteiger partial charge in [0.2, 0.25) is 6.08 Å². The van der Waals surface area contributed by atoms with E-state index in [2.05, 4.69) is 9.98 Å². The highest BCUT2D eigenvalue weighted by atomic mass is 19.1. The topological polar surface area (TPSA) is 42.3 Å². The Morgan fingerprint density at radius 3 is 2.92 bits per heavy atom. The molecule has 0 aromatic carbocycles. The van der Waals surface area contributed by atoms with Gasteiger partial charge >= 0.3 is 0 Å². The molecule has 1 rings (SSSR count). The van der Waals surface area contributed by atoms with Crippen molar-refractivity contribution >= 4 is 6.08 Å². The van der Waals surface area contributed by atoms with Crippen molar-refractivity contribution in [3.05, 3.63) is 29.8 Å². The monoisotopic (exact) mass is 166 g/mol. The van der Waals surface area contributed by atoms with E-state index in [0.717, 1.165) is 6.20 Å². The Hall–Kier alpha value is -1.54. The molecule has 0 bridgehead atoms. The highest BCUT2D eigenvalue weighted by Gasteiger charge is 2.03. The highest BCUT2D eigenvalue weighted by Crippen LogP contribution is 2.12. The third kappa shape index (κ3) is 1.97. The van der Waals surface area contributed by atoms with Crippen molar-refractivity contribution in [2.45, 2.75) is 13.0 Å². The van der Waals surface area contributed by atoms with Crippen LogP contribution in [0.2, 0.25) is 0 Å². The van der Waals surface area contributed by atoms with E-state index in [1.165, 1.54) is 18.2 Å². The van der Waals surface area contributed by atoms with Crippen LogP contribution in [0.4, 0.5) is 4.39 Å². The zero-order valence-corrected chi connectivity index (χ0v) is 6.49. The molecule has 3 nitrogen and oxygen atoms in total. The Balaban J connectivity index is 2.89. The molecule has 1 unspecified atom stereocenters. The molecule has 62 valence electrons. The predicted octanol–water partition coefficient (Wildman–Crippen LogP) is 1.62. The van der Waals surface area contributed by atoms with Gasteiger partial charge in [0.05, 0.1) is 11.9 Å². The van der Waals surface area contributed by atoms with Crippen LogP contribution >= 0.6 is 0 Å². The zero-order chi connectivity index (χ0) is 8.97. The molecule has 1 heterocycles. The molecule has 0 aliphatic carbocycles. The molecule has 0 fully saturated rings. The number of halogens is 1. The highest BCUT2D eigenvalue weighted by molar-refractivity contribution is 5.34. The van der Waals surface area contributed by atoms with E-state index in [9.17, 15) is 9.18 Å². The number of aromatic nitrogens is 1. The first-order chi connectivity index (χ1) is 5.74. The van der Waals surface area contributed by atoms with Crippen molar-refractivity contribution < 1.29 is 9.18 Å². The van der Waals surface area contributed by atoms with E-state index in [4.69, 9.17) is 0 Å². The molecule has 4 heteroatoms. The molecule has 0 amide bonds. The molecule has 0 spiro atoms. The Labute approximate surface area is 69.0 Å². The van der Waals surface area contributed by atoms with Crippen molar-refractivity contribution in [2.75, 3.05) is 0 Å². The molecule has 0 saturated heterocycles. The first kappa shape index (κ1) is 8.56. The molecule has 0 aliphatic rings. The van der Waals surface area contributed by atoms with Crippen LogP contribution in [-0.4, -0.2) is 11.1 Å². The van der Waals surface area contributed by atoms with Crippen LogP contribution in [-0.2, 0) is 4.79 Å². The van der Waals surface area contributed by atoms with Gasteiger partial charge in [0.1, 0.15) is 11.9 Å². The van der Waals surface area contributed by atoms with Crippen molar-refractivity contribution in [1.82, 2.24) is 4.98 Å². The van der Waals surface area contributed by atoms with Gasteiger partial charge in [-0.3, -0.25) is 4.98 Å². The Bertz CT molecular complexity index is 303. The standard InChI is InChI=1S/C8H7FN2O/c1-6(11-5-12)8-3-2-7(9)4-10-8/h2-4,6H,1H3. The van der Waals surface area contributed by atoms with Crippen LogP contribution in [0.3, 0.4) is 0 Å². The van der Waals surface area contributed by atoms with E-state index < -0.39 is 5.82 Å². The Morgan fingerprint density at radius 1 is 1.67 bits per heavy atom. The smallest absolute Gasteiger partial charge is 0.235 e. The summed E-state index contributed by atoms with van der Waals surface area (Å²) < 4.78 is 12.4. The molecule has 0 aliphatic heterocycles. The van der Waals surface area contributed by atoms with E-state index in [1.54, 1.807) is 6.92 Å². The number of carbonyl (C=O) groups excluding carboxylic acids is 1. The number of isocyanates is 1. The number of hydrogen-bond acceptors (Lipinski definition) is 3. The van der Waals surface area contributed by atoms with Gasteiger partial charge in [0, 0.05) is 0 Å². The summed E-state index contributed by atoms with van der Waals surface area (Å²) in [6, 6.07) is 2.41. The van der Waals surface area contributed by atoms with Crippen LogP contribution < -0.4 is 0 Å². The average Bonchev–Trinajstić information content (AvgIpc) is 2.06. The molecule has 0 N–H and O–H groups in total. The summed E-state index contributed by atoms with van der Waals surface area (Å²) >= 11 is 0. The van der Waals surface area contributed by atoms with Crippen LogP contribution in [0.1, 0.15) is 18.7 Å². The minimum absolute atomic E-state index is 0.358. The molecule has 0 saturated carbocycles. The van der Waals surface area contributed by atoms with Crippen LogP contribution in [0, 0.1) is 5.82 Å². The fourth-order valence-electron chi connectivity index (χ4n) is 0.780. The van der Waals surface area contributed by atoms with Gasteiger partial charge < -0.3 is 0 Å². The fraction of sp³-hybridized carbons (Fsp3) is 0.250. The molecule has 0 radical (unpaired) electrons. The number of nitrogens with zero attached hydrogens (tertiary/aromatic N) is 2. The van der Waals surface area contributed by atoms with E-state index in [0.29, 0.717) is 5.69 Å². The van der Waals surface area contributed by atoms with Gasteiger partial charge in [-0.25, -0.2) is 9.18 Å². The van der Waals surface area contributed by atoms with E-state index in [-0.39, 0.29) is 6.04 Å². The van der Waals surface area contributed by atoms with Crippen molar-refractivity contribution in [3.63, 3.8) is 0 Å². The molecule has 12 heavy (non-hydrogen) atoms. The maximum atomic E-state index is 12.4. The summed E-state index contributed by atoms with van der Waals surface area (Å²) in [6.45, 7) is 1.69. The van der Waals surface area contributed by atoms with Gasteiger partial charge in [0.15, 0.2) is 0 Å². The second kappa shape index (κ2) is 3.74. The van der Waals surface area contributed by atoms with E-state index >= 15 is 0 Å². The minimum Gasteiger partial charge on any atom is -0.256 e. The summed E-state index contributed by atoms with van der Waals surface area (Å²) in [5.74, 6) is -0.402. The lowest BCUT2D eigenvalue weighted by Gasteiger charge is -2.01. The summed E-state index contributed by atoms with van der Waals surface area (Å²) in [6.07, 6.45) is 2.51. The molecule has 1 atom stereocenters. The third-order valence-corrected chi connectivity index (χ3v) is 1.42. The zero-order valence-electron chi connectivity index (χ0n) is 6.49. The SMILES string of the molecule is CC(N=C=O)c1ccc(F)cn1. The van der Waals surface area contributed by atoms with Crippen molar-refractivity contribution in [1.29, 1.82) is 0 Å². The first-order valence-corrected chi connectivity index (χ1v) is 3.42. The minimum atomic E-state index is -0.402. The largest absolute Gasteiger partial charge is 0.256 e.